The molecule has 0 fully saturated rings. The topological polar surface area (TPSA) is 54.3 Å². The van der Waals surface area contributed by atoms with Crippen molar-refractivity contribution >= 4 is 34.3 Å². The van der Waals surface area contributed by atoms with Crippen molar-refractivity contribution in [1.82, 2.24) is 14.8 Å². The van der Waals surface area contributed by atoms with Gasteiger partial charge in [-0.2, -0.15) is 0 Å². The molecule has 2 heterocycles. The second-order valence-electron chi connectivity index (χ2n) is 8.63. The number of amides is 2. The van der Waals surface area contributed by atoms with E-state index in [0.29, 0.717) is 30.4 Å². The molecule has 1 aliphatic heterocycles. The van der Waals surface area contributed by atoms with E-state index in [-0.39, 0.29) is 11.8 Å². The number of halogens is 1. The Morgan fingerprint density at radius 3 is 2.42 bits per heavy atom. The lowest BCUT2D eigenvalue weighted by Crippen LogP contribution is -2.63. The Bertz CT molecular complexity index is 1330. The maximum atomic E-state index is 13.8. The van der Waals surface area contributed by atoms with Gasteiger partial charge in [-0.3, -0.25) is 9.59 Å². The maximum Gasteiger partial charge on any atom is 0.271 e. The summed E-state index contributed by atoms with van der Waals surface area (Å²) in [6.07, 6.45) is 0. The van der Waals surface area contributed by atoms with Gasteiger partial charge in [0.15, 0.2) is 0 Å². The van der Waals surface area contributed by atoms with Crippen LogP contribution in [0.2, 0.25) is 5.02 Å². The van der Waals surface area contributed by atoms with Crippen LogP contribution in [0.1, 0.15) is 28.5 Å². The zero-order valence-corrected chi connectivity index (χ0v) is 19.0. The summed E-state index contributed by atoms with van der Waals surface area (Å²) < 4.78 is 1.97. The lowest BCUT2D eigenvalue weighted by atomic mass is 9.93. The van der Waals surface area contributed by atoms with Crippen LogP contribution in [-0.2, 0) is 24.4 Å². The minimum atomic E-state index is -1.07. The van der Waals surface area contributed by atoms with Crippen LogP contribution in [-0.4, -0.2) is 26.8 Å². The molecule has 0 saturated heterocycles. The van der Waals surface area contributed by atoms with Crippen LogP contribution in [0.5, 0.6) is 0 Å². The van der Waals surface area contributed by atoms with E-state index in [4.69, 9.17) is 11.6 Å². The molecule has 2 amide bonds. The van der Waals surface area contributed by atoms with Crippen molar-refractivity contribution in [3.63, 3.8) is 0 Å². The summed E-state index contributed by atoms with van der Waals surface area (Å²) >= 11 is 6.05. The number of para-hydroxylation sites is 1. The Balaban J connectivity index is 1.53. The predicted molar refractivity (Wildman–Crippen MR) is 130 cm³/mol. The van der Waals surface area contributed by atoms with Gasteiger partial charge in [-0.05, 0) is 42.3 Å². The number of nitrogens with one attached hydrogen (secondary N) is 1. The molecule has 1 aliphatic rings. The number of aromatic nitrogens is 1. The summed E-state index contributed by atoms with van der Waals surface area (Å²) in [6.45, 7) is 2.93. The molecule has 5 rings (SSSR count). The molecule has 1 aromatic heterocycles. The number of hydrogen-bond acceptors (Lipinski definition) is 2. The molecule has 166 valence electrons. The third-order valence-electron chi connectivity index (χ3n) is 6.38. The number of rotatable bonds is 5. The van der Waals surface area contributed by atoms with Gasteiger partial charge in [0.05, 0.1) is 6.54 Å². The maximum absolute atomic E-state index is 13.8. The second-order valence-corrected chi connectivity index (χ2v) is 9.07. The quantitative estimate of drug-likeness (QED) is 0.457. The van der Waals surface area contributed by atoms with Gasteiger partial charge in [-0.1, -0.05) is 72.3 Å². The molecule has 0 radical (unpaired) electrons. The van der Waals surface area contributed by atoms with Crippen molar-refractivity contribution in [3.05, 3.63) is 107 Å². The first-order chi connectivity index (χ1) is 16.0. The average Bonchev–Trinajstić information content (AvgIpc) is 3.20. The summed E-state index contributed by atoms with van der Waals surface area (Å²) in [6, 6.07) is 26.9. The van der Waals surface area contributed by atoms with Crippen molar-refractivity contribution in [3.8, 4) is 0 Å². The Morgan fingerprint density at radius 2 is 1.67 bits per heavy atom. The standard InChI is InChI=1S/C27H24ClN3O2/c1-27(26(33)29-16-19-7-3-2-4-8-19)18-30-23-10-6-5-9-21(23)15-24(30)25(32)31(27)17-20-11-13-22(28)14-12-20/h2-15H,16-18H2,1H3,(H,29,33)/t27-/m1/s1. The lowest BCUT2D eigenvalue weighted by Gasteiger charge is -2.44. The summed E-state index contributed by atoms with van der Waals surface area (Å²) in [5, 5.41) is 4.68. The van der Waals surface area contributed by atoms with Crippen molar-refractivity contribution in [2.45, 2.75) is 32.1 Å². The SMILES string of the molecule is C[C@]1(C(=O)NCc2ccccc2)Cn2c(cc3ccccc32)C(=O)N1Cc1ccc(Cl)cc1. The number of nitrogens with zero attached hydrogens (tertiary/aromatic N) is 2. The number of hydrogen-bond donors (Lipinski definition) is 1. The van der Waals surface area contributed by atoms with E-state index < -0.39 is 5.54 Å². The van der Waals surface area contributed by atoms with E-state index in [9.17, 15) is 9.59 Å². The third-order valence-corrected chi connectivity index (χ3v) is 6.63. The zero-order valence-electron chi connectivity index (χ0n) is 18.3. The minimum Gasteiger partial charge on any atom is -0.350 e. The van der Waals surface area contributed by atoms with Crippen LogP contribution in [0.25, 0.3) is 10.9 Å². The number of fused-ring (bicyclic) bond motifs is 3. The van der Waals surface area contributed by atoms with Gasteiger partial charge >= 0.3 is 0 Å². The van der Waals surface area contributed by atoms with Crippen LogP contribution < -0.4 is 5.32 Å². The van der Waals surface area contributed by atoms with Crippen molar-refractivity contribution in [2.75, 3.05) is 0 Å². The first kappa shape index (κ1) is 21.3. The van der Waals surface area contributed by atoms with E-state index in [1.807, 2.05) is 84.3 Å². The molecular weight excluding hydrogens is 434 g/mol. The Labute approximate surface area is 197 Å². The third kappa shape index (κ3) is 3.89. The molecule has 0 saturated carbocycles. The fourth-order valence-corrected chi connectivity index (χ4v) is 4.62. The smallest absolute Gasteiger partial charge is 0.271 e. The summed E-state index contributed by atoms with van der Waals surface area (Å²) in [5.74, 6) is -0.346. The van der Waals surface area contributed by atoms with E-state index in [1.54, 1.807) is 17.0 Å². The molecule has 4 aromatic rings. The summed E-state index contributed by atoms with van der Waals surface area (Å²) in [5.41, 5.74) is 2.40. The van der Waals surface area contributed by atoms with Gasteiger partial charge in [0.25, 0.3) is 5.91 Å². The van der Waals surface area contributed by atoms with Gasteiger partial charge < -0.3 is 14.8 Å². The minimum absolute atomic E-state index is 0.162. The van der Waals surface area contributed by atoms with E-state index in [0.717, 1.165) is 22.0 Å². The highest BCUT2D eigenvalue weighted by molar-refractivity contribution is 6.30. The van der Waals surface area contributed by atoms with Crippen LogP contribution in [0.4, 0.5) is 0 Å². The van der Waals surface area contributed by atoms with Gasteiger partial charge in [0.1, 0.15) is 11.2 Å². The fourth-order valence-electron chi connectivity index (χ4n) is 4.50. The fraction of sp³-hybridized carbons (Fsp3) is 0.185. The molecule has 6 heteroatoms. The first-order valence-electron chi connectivity index (χ1n) is 10.9. The van der Waals surface area contributed by atoms with Gasteiger partial charge in [0, 0.05) is 29.0 Å². The van der Waals surface area contributed by atoms with E-state index in [1.165, 1.54) is 0 Å². The van der Waals surface area contributed by atoms with Gasteiger partial charge in [-0.15, -0.1) is 0 Å². The molecule has 5 nitrogen and oxygen atoms in total. The molecule has 0 bridgehead atoms. The van der Waals surface area contributed by atoms with Crippen LogP contribution >= 0.6 is 11.6 Å². The highest BCUT2D eigenvalue weighted by Crippen LogP contribution is 2.33. The highest BCUT2D eigenvalue weighted by Gasteiger charge is 2.47. The Hall–Kier alpha value is -3.57. The molecule has 1 atom stereocenters. The summed E-state index contributed by atoms with van der Waals surface area (Å²) in [7, 11) is 0. The molecule has 0 spiro atoms. The molecule has 0 aliphatic carbocycles. The Kier molecular flexibility index (Phi) is 5.43. The van der Waals surface area contributed by atoms with Gasteiger partial charge in [0.2, 0.25) is 5.91 Å². The average molecular weight is 458 g/mol. The number of carbonyl (C=O) groups excluding carboxylic acids is 2. The van der Waals surface area contributed by atoms with E-state index in [2.05, 4.69) is 5.32 Å². The summed E-state index contributed by atoms with van der Waals surface area (Å²) in [4.78, 5) is 29.1. The van der Waals surface area contributed by atoms with Gasteiger partial charge in [-0.25, -0.2) is 0 Å². The monoisotopic (exact) mass is 457 g/mol. The number of carbonyl (C=O) groups is 2. The van der Waals surface area contributed by atoms with Crippen molar-refractivity contribution in [1.29, 1.82) is 0 Å². The van der Waals surface area contributed by atoms with Crippen LogP contribution in [0, 0.1) is 0 Å². The molecular formula is C27H24ClN3O2. The van der Waals surface area contributed by atoms with E-state index >= 15 is 0 Å². The highest BCUT2D eigenvalue weighted by atomic mass is 35.5. The second kappa shape index (κ2) is 8.41. The first-order valence-corrected chi connectivity index (χ1v) is 11.3. The lowest BCUT2D eigenvalue weighted by molar-refractivity contribution is -0.133. The van der Waals surface area contributed by atoms with Crippen LogP contribution in [0.15, 0.2) is 84.9 Å². The molecule has 1 N–H and O–H groups in total. The molecule has 33 heavy (non-hydrogen) atoms. The predicted octanol–water partition coefficient (Wildman–Crippen LogP) is 5.03. The molecule has 3 aromatic carbocycles. The normalized spacial score (nSPS) is 17.8. The zero-order chi connectivity index (χ0) is 23.0. The van der Waals surface area contributed by atoms with Crippen molar-refractivity contribution in [2.24, 2.45) is 0 Å². The van der Waals surface area contributed by atoms with Crippen molar-refractivity contribution < 1.29 is 9.59 Å². The molecule has 0 unspecified atom stereocenters. The van der Waals surface area contributed by atoms with Crippen LogP contribution in [0.3, 0.4) is 0 Å². The number of benzene rings is 3. The Morgan fingerprint density at radius 1 is 0.970 bits per heavy atom. The largest absolute Gasteiger partial charge is 0.350 e.